The highest BCUT2D eigenvalue weighted by atomic mass is 32.1. The highest BCUT2D eigenvalue weighted by Crippen LogP contribution is 2.15. The van der Waals surface area contributed by atoms with Crippen molar-refractivity contribution in [3.63, 3.8) is 0 Å². The molecule has 0 saturated carbocycles. The van der Waals surface area contributed by atoms with Crippen LogP contribution in [0.5, 0.6) is 0 Å². The van der Waals surface area contributed by atoms with Gasteiger partial charge >= 0.3 is 0 Å². The molecular weight excluding hydrogens is 222 g/mol. The topological polar surface area (TPSA) is 53.9 Å². The average Bonchev–Trinajstić information content (AvgIpc) is 2.14. The fourth-order valence-corrected chi connectivity index (χ4v) is 1.21. The second-order valence-electron chi connectivity index (χ2n) is 4.24. The van der Waals surface area contributed by atoms with E-state index in [1.807, 2.05) is 34.6 Å². The molecule has 1 N–H and O–H groups in total. The van der Waals surface area contributed by atoms with Crippen LogP contribution in [-0.2, 0) is 0 Å². The number of hydrogen-bond donors (Lipinski definition) is 2. The van der Waals surface area contributed by atoms with E-state index in [1.54, 1.807) is 4.31 Å². The molecule has 0 aromatic carbocycles. The lowest BCUT2D eigenvalue weighted by Crippen LogP contribution is -2.24. The smallest absolute Gasteiger partial charge is 0.240 e. The fraction of sp³-hybridized carbons (Fsp3) is 0.700. The molecule has 5 nitrogen and oxygen atoms in total. The number of hydrogen-bond acceptors (Lipinski definition) is 6. The van der Waals surface area contributed by atoms with Crippen LogP contribution in [0.1, 0.15) is 33.5 Å². The Balaban J connectivity index is 2.98. The number of nitrogens with one attached hydrogen (secondary N) is 1. The van der Waals surface area contributed by atoms with Gasteiger partial charge in [-0.15, -0.1) is 0 Å². The van der Waals surface area contributed by atoms with Crippen LogP contribution in [0, 0.1) is 6.92 Å². The average molecular weight is 241 g/mol. The van der Waals surface area contributed by atoms with Crippen molar-refractivity contribution in [2.24, 2.45) is 0 Å². The van der Waals surface area contributed by atoms with Crippen LogP contribution in [-0.4, -0.2) is 27.0 Å². The van der Waals surface area contributed by atoms with Gasteiger partial charge in [-0.05, 0) is 34.6 Å². The van der Waals surface area contributed by atoms with Crippen LogP contribution < -0.4 is 9.62 Å². The summed E-state index contributed by atoms with van der Waals surface area (Å²) in [5, 5.41) is 3.16. The Hall–Kier alpha value is -1.04. The minimum Gasteiger partial charge on any atom is -0.352 e. The monoisotopic (exact) mass is 241 g/mol. The van der Waals surface area contributed by atoms with Gasteiger partial charge in [0.15, 0.2) is 0 Å². The van der Waals surface area contributed by atoms with Gasteiger partial charge in [-0.2, -0.15) is 15.0 Å². The zero-order valence-electron chi connectivity index (χ0n) is 10.4. The Morgan fingerprint density at radius 2 is 1.75 bits per heavy atom. The second-order valence-corrected chi connectivity index (χ2v) is 4.67. The maximum atomic E-state index is 4.35. The van der Waals surface area contributed by atoms with Crippen molar-refractivity contribution in [1.82, 2.24) is 15.0 Å². The first-order valence-electron chi connectivity index (χ1n) is 5.37. The molecular formula is C10H19N5S. The molecule has 6 heteroatoms. The number of anilines is 2. The zero-order chi connectivity index (χ0) is 12.3. The molecule has 1 rings (SSSR count). The third-order valence-electron chi connectivity index (χ3n) is 1.85. The number of nitrogens with zero attached hydrogens (tertiary/aromatic N) is 4. The number of thiol groups is 1. The van der Waals surface area contributed by atoms with Gasteiger partial charge in [-0.3, -0.25) is 4.31 Å². The van der Waals surface area contributed by atoms with Gasteiger partial charge < -0.3 is 5.32 Å². The quantitative estimate of drug-likeness (QED) is 0.790. The summed E-state index contributed by atoms with van der Waals surface area (Å²) >= 11 is 4.35. The Morgan fingerprint density at radius 1 is 1.12 bits per heavy atom. The molecule has 0 amide bonds. The second kappa shape index (κ2) is 5.34. The van der Waals surface area contributed by atoms with Gasteiger partial charge in [0, 0.05) is 12.1 Å². The van der Waals surface area contributed by atoms with Crippen molar-refractivity contribution in [1.29, 1.82) is 0 Å². The Labute approximate surface area is 102 Å². The Kier molecular flexibility index (Phi) is 4.35. The third kappa shape index (κ3) is 3.52. The maximum absolute atomic E-state index is 4.35. The van der Waals surface area contributed by atoms with Gasteiger partial charge in [0.05, 0.1) is 0 Å². The van der Waals surface area contributed by atoms with Gasteiger partial charge in [0.1, 0.15) is 5.82 Å². The summed E-state index contributed by atoms with van der Waals surface area (Å²) in [6.45, 7) is 9.99. The van der Waals surface area contributed by atoms with Gasteiger partial charge in [0.2, 0.25) is 11.9 Å². The van der Waals surface area contributed by atoms with Gasteiger partial charge in [-0.25, -0.2) is 0 Å². The van der Waals surface area contributed by atoms with E-state index in [2.05, 4.69) is 33.1 Å². The van der Waals surface area contributed by atoms with Crippen LogP contribution in [0.2, 0.25) is 0 Å². The summed E-state index contributed by atoms with van der Waals surface area (Å²) < 4.78 is 1.72. The van der Waals surface area contributed by atoms with Crippen LogP contribution >= 0.6 is 12.8 Å². The molecule has 0 atom stereocenters. The molecule has 0 bridgehead atoms. The minimum absolute atomic E-state index is 0.233. The summed E-state index contributed by atoms with van der Waals surface area (Å²) in [7, 11) is 0. The molecule has 1 aromatic rings. The number of rotatable bonds is 4. The molecule has 0 spiro atoms. The first-order chi connectivity index (χ1) is 7.40. The first kappa shape index (κ1) is 13.0. The van der Waals surface area contributed by atoms with Crippen molar-refractivity contribution in [2.45, 2.75) is 46.7 Å². The van der Waals surface area contributed by atoms with Crippen molar-refractivity contribution >= 4 is 24.7 Å². The molecule has 0 aliphatic carbocycles. The molecule has 0 saturated heterocycles. The zero-order valence-corrected chi connectivity index (χ0v) is 11.3. The number of aromatic nitrogens is 3. The summed E-state index contributed by atoms with van der Waals surface area (Å²) in [5.41, 5.74) is 0. The van der Waals surface area contributed by atoms with E-state index in [-0.39, 0.29) is 6.04 Å². The molecule has 90 valence electrons. The van der Waals surface area contributed by atoms with E-state index >= 15 is 0 Å². The molecule has 0 aliphatic rings. The molecule has 16 heavy (non-hydrogen) atoms. The van der Waals surface area contributed by atoms with Gasteiger partial charge in [-0.1, -0.05) is 12.8 Å². The minimum atomic E-state index is 0.233. The van der Waals surface area contributed by atoms with Crippen LogP contribution in [0.3, 0.4) is 0 Å². The van der Waals surface area contributed by atoms with E-state index < -0.39 is 0 Å². The summed E-state index contributed by atoms with van der Waals surface area (Å²) in [5.74, 6) is 1.86. The molecule has 0 aliphatic heterocycles. The molecule has 0 fully saturated rings. The lowest BCUT2D eigenvalue weighted by atomic mass is 10.4. The summed E-state index contributed by atoms with van der Waals surface area (Å²) in [6, 6.07) is 0.527. The van der Waals surface area contributed by atoms with Gasteiger partial charge in [0.25, 0.3) is 0 Å². The highest BCUT2D eigenvalue weighted by molar-refractivity contribution is 7.81. The predicted octanol–water partition coefficient (Wildman–Crippen LogP) is 2.06. The lowest BCUT2D eigenvalue weighted by molar-refractivity contribution is 0.793. The van der Waals surface area contributed by atoms with Crippen molar-refractivity contribution in [3.8, 4) is 0 Å². The van der Waals surface area contributed by atoms with E-state index in [4.69, 9.17) is 0 Å². The Bertz CT molecular complexity index is 353. The SMILES string of the molecule is Cc1nc(NC(C)C)nc(N(S)C(C)C)n1. The van der Waals surface area contributed by atoms with E-state index in [9.17, 15) is 0 Å². The Morgan fingerprint density at radius 3 is 2.25 bits per heavy atom. The normalized spacial score (nSPS) is 11.0. The van der Waals surface area contributed by atoms with E-state index in [1.165, 1.54) is 0 Å². The first-order valence-corrected chi connectivity index (χ1v) is 5.77. The van der Waals surface area contributed by atoms with Crippen molar-refractivity contribution in [2.75, 3.05) is 9.62 Å². The largest absolute Gasteiger partial charge is 0.352 e. The molecule has 1 aromatic heterocycles. The van der Waals surface area contributed by atoms with Crippen LogP contribution in [0.25, 0.3) is 0 Å². The van der Waals surface area contributed by atoms with E-state index in [0.29, 0.717) is 23.8 Å². The third-order valence-corrected chi connectivity index (χ3v) is 2.49. The molecule has 1 heterocycles. The fourth-order valence-electron chi connectivity index (χ4n) is 1.12. The summed E-state index contributed by atoms with van der Waals surface area (Å²) in [6.07, 6.45) is 0. The van der Waals surface area contributed by atoms with E-state index in [0.717, 1.165) is 0 Å². The molecule has 0 radical (unpaired) electrons. The maximum Gasteiger partial charge on any atom is 0.240 e. The predicted molar refractivity (Wildman–Crippen MR) is 69.9 cm³/mol. The summed E-state index contributed by atoms with van der Waals surface area (Å²) in [4.78, 5) is 12.8. The van der Waals surface area contributed by atoms with Crippen LogP contribution in [0.4, 0.5) is 11.9 Å². The van der Waals surface area contributed by atoms with Crippen LogP contribution in [0.15, 0.2) is 0 Å². The standard InChI is InChI=1S/C10H19N5S/c1-6(2)11-9-12-8(5)13-10(14-9)15(16)7(3)4/h6-7,16H,1-5H3,(H,11,12,13,14). The number of aryl methyl sites for hydroxylation is 1. The van der Waals surface area contributed by atoms with Crippen molar-refractivity contribution in [3.05, 3.63) is 5.82 Å². The lowest BCUT2D eigenvalue weighted by Gasteiger charge is -2.20. The van der Waals surface area contributed by atoms with Crippen molar-refractivity contribution < 1.29 is 0 Å². The molecule has 0 unspecified atom stereocenters. The highest BCUT2D eigenvalue weighted by Gasteiger charge is 2.12.